The quantitative estimate of drug-likeness (QED) is 0.594. The van der Waals surface area contributed by atoms with E-state index < -0.39 is 5.60 Å². The Balaban J connectivity index is 1.17. The standard InChI is InChI=1S/C26H23NO4/c28-24(18-30-21-12-10-20(11-13-21)19-6-2-1-3-7-19)27-16-14-26(15-17-27)23-9-5-4-8-22(23)25(29)31-26/h1-13H,14-18H2. The largest absolute Gasteiger partial charge is 0.484 e. The van der Waals surface area contributed by atoms with Crippen LogP contribution in [0.1, 0.15) is 28.8 Å². The van der Waals surface area contributed by atoms with Crippen LogP contribution in [0, 0.1) is 0 Å². The zero-order valence-electron chi connectivity index (χ0n) is 17.1. The molecule has 2 aliphatic rings. The minimum Gasteiger partial charge on any atom is -0.484 e. The van der Waals surface area contributed by atoms with Crippen molar-refractivity contribution in [2.24, 2.45) is 0 Å². The molecule has 0 bridgehead atoms. The SMILES string of the molecule is O=C1OC2(CCN(C(=O)COc3ccc(-c4ccccc4)cc3)CC2)c2ccccc21. The van der Waals surface area contributed by atoms with E-state index in [-0.39, 0.29) is 18.5 Å². The Morgan fingerprint density at radius 2 is 1.52 bits per heavy atom. The van der Waals surface area contributed by atoms with Crippen LogP contribution in [0.15, 0.2) is 78.9 Å². The highest BCUT2D eigenvalue weighted by atomic mass is 16.6. The number of amides is 1. The van der Waals surface area contributed by atoms with E-state index in [0.717, 1.165) is 16.7 Å². The van der Waals surface area contributed by atoms with Crippen LogP contribution < -0.4 is 4.74 Å². The smallest absolute Gasteiger partial charge is 0.339 e. The van der Waals surface area contributed by atoms with Gasteiger partial charge in [0.25, 0.3) is 5.91 Å². The summed E-state index contributed by atoms with van der Waals surface area (Å²) in [6, 6.07) is 25.4. The molecule has 5 rings (SSSR count). The van der Waals surface area contributed by atoms with Crippen LogP contribution in [0.2, 0.25) is 0 Å². The van der Waals surface area contributed by atoms with Gasteiger partial charge >= 0.3 is 5.97 Å². The Hall–Kier alpha value is -3.60. The molecule has 5 heteroatoms. The molecule has 3 aromatic rings. The van der Waals surface area contributed by atoms with E-state index in [1.54, 1.807) is 11.0 Å². The van der Waals surface area contributed by atoms with Crippen LogP contribution in [-0.4, -0.2) is 36.5 Å². The third-order valence-electron chi connectivity index (χ3n) is 6.17. The van der Waals surface area contributed by atoms with Crippen molar-refractivity contribution in [2.75, 3.05) is 19.7 Å². The van der Waals surface area contributed by atoms with Crippen LogP contribution >= 0.6 is 0 Å². The lowest BCUT2D eigenvalue weighted by atomic mass is 9.84. The molecule has 0 aliphatic carbocycles. The number of hydrogen-bond acceptors (Lipinski definition) is 4. The van der Waals surface area contributed by atoms with E-state index in [0.29, 0.717) is 37.2 Å². The second-order valence-corrected chi connectivity index (χ2v) is 7.99. The monoisotopic (exact) mass is 413 g/mol. The van der Waals surface area contributed by atoms with E-state index >= 15 is 0 Å². The Bertz CT molecular complexity index is 1100. The fourth-order valence-corrected chi connectivity index (χ4v) is 4.45. The van der Waals surface area contributed by atoms with E-state index in [2.05, 4.69) is 12.1 Å². The maximum Gasteiger partial charge on any atom is 0.339 e. The molecule has 2 aliphatic heterocycles. The van der Waals surface area contributed by atoms with E-state index in [1.165, 1.54) is 0 Å². The summed E-state index contributed by atoms with van der Waals surface area (Å²) in [7, 11) is 0. The van der Waals surface area contributed by atoms with Gasteiger partial charge in [-0.1, -0.05) is 60.7 Å². The molecule has 0 N–H and O–H groups in total. The molecule has 2 heterocycles. The zero-order chi connectivity index (χ0) is 21.3. The molecular weight excluding hydrogens is 390 g/mol. The maximum atomic E-state index is 12.7. The summed E-state index contributed by atoms with van der Waals surface area (Å²) < 4.78 is 11.5. The molecule has 31 heavy (non-hydrogen) atoms. The summed E-state index contributed by atoms with van der Waals surface area (Å²) in [5, 5.41) is 0. The molecule has 3 aromatic carbocycles. The van der Waals surface area contributed by atoms with Gasteiger partial charge in [-0.2, -0.15) is 0 Å². The molecule has 0 saturated carbocycles. The fourth-order valence-electron chi connectivity index (χ4n) is 4.45. The number of esters is 1. The third-order valence-corrected chi connectivity index (χ3v) is 6.17. The van der Waals surface area contributed by atoms with Gasteiger partial charge in [0.15, 0.2) is 6.61 Å². The number of piperidine rings is 1. The molecule has 0 aromatic heterocycles. The zero-order valence-corrected chi connectivity index (χ0v) is 17.1. The Kier molecular flexibility index (Phi) is 4.94. The number of fused-ring (bicyclic) bond motifs is 2. The van der Waals surface area contributed by atoms with Gasteiger partial charge < -0.3 is 14.4 Å². The minimum atomic E-state index is -0.599. The van der Waals surface area contributed by atoms with Gasteiger partial charge in [0, 0.05) is 31.5 Å². The van der Waals surface area contributed by atoms with Crippen molar-refractivity contribution >= 4 is 11.9 Å². The molecular formula is C26H23NO4. The highest BCUT2D eigenvalue weighted by molar-refractivity contribution is 5.94. The number of nitrogens with zero attached hydrogens (tertiary/aromatic N) is 1. The molecule has 156 valence electrons. The highest BCUT2D eigenvalue weighted by Gasteiger charge is 2.47. The summed E-state index contributed by atoms with van der Waals surface area (Å²) in [5.74, 6) is 0.345. The Morgan fingerprint density at radius 3 is 2.26 bits per heavy atom. The van der Waals surface area contributed by atoms with Crippen LogP contribution in [0.3, 0.4) is 0 Å². The van der Waals surface area contributed by atoms with Crippen molar-refractivity contribution in [2.45, 2.75) is 18.4 Å². The second kappa shape index (κ2) is 7.91. The number of benzene rings is 3. The predicted octanol–water partition coefficient (Wildman–Crippen LogP) is 4.42. The van der Waals surface area contributed by atoms with Crippen LogP contribution in [0.5, 0.6) is 5.75 Å². The first-order chi connectivity index (χ1) is 15.1. The van der Waals surface area contributed by atoms with Gasteiger partial charge in [0.05, 0.1) is 5.56 Å². The first kappa shape index (κ1) is 19.4. The maximum absolute atomic E-state index is 12.7. The van der Waals surface area contributed by atoms with Crippen LogP contribution in [-0.2, 0) is 15.1 Å². The average molecular weight is 413 g/mol. The first-order valence-corrected chi connectivity index (χ1v) is 10.5. The van der Waals surface area contributed by atoms with Gasteiger partial charge in [-0.05, 0) is 29.3 Å². The summed E-state index contributed by atoms with van der Waals surface area (Å²) in [5.41, 5.74) is 3.23. The van der Waals surface area contributed by atoms with Crippen molar-refractivity contribution in [3.8, 4) is 16.9 Å². The number of ether oxygens (including phenoxy) is 2. The lowest BCUT2D eigenvalue weighted by Crippen LogP contribution is -2.46. The van der Waals surface area contributed by atoms with Gasteiger partial charge in [0.2, 0.25) is 0 Å². The van der Waals surface area contributed by atoms with Crippen molar-refractivity contribution in [1.82, 2.24) is 4.90 Å². The third kappa shape index (κ3) is 3.67. The number of carbonyl (C=O) groups excluding carboxylic acids is 2. The molecule has 1 spiro atoms. The normalized spacial score (nSPS) is 16.6. The van der Waals surface area contributed by atoms with Gasteiger partial charge in [-0.25, -0.2) is 4.79 Å². The van der Waals surface area contributed by atoms with Crippen molar-refractivity contribution in [3.63, 3.8) is 0 Å². The predicted molar refractivity (Wildman–Crippen MR) is 117 cm³/mol. The summed E-state index contributed by atoms with van der Waals surface area (Å²) >= 11 is 0. The summed E-state index contributed by atoms with van der Waals surface area (Å²) in [6.45, 7) is 1.07. The molecule has 1 saturated heterocycles. The average Bonchev–Trinajstić information content (AvgIpc) is 3.10. The van der Waals surface area contributed by atoms with Crippen molar-refractivity contribution in [1.29, 1.82) is 0 Å². The van der Waals surface area contributed by atoms with Gasteiger partial charge in [-0.3, -0.25) is 4.79 Å². The molecule has 0 atom stereocenters. The second-order valence-electron chi connectivity index (χ2n) is 7.99. The molecule has 0 unspecified atom stereocenters. The number of carbonyl (C=O) groups is 2. The Morgan fingerprint density at radius 1 is 0.871 bits per heavy atom. The van der Waals surface area contributed by atoms with Crippen molar-refractivity contribution < 1.29 is 19.1 Å². The lowest BCUT2D eigenvalue weighted by Gasteiger charge is -2.38. The van der Waals surface area contributed by atoms with E-state index in [4.69, 9.17) is 9.47 Å². The minimum absolute atomic E-state index is 0.00589. The fraction of sp³-hybridized carbons (Fsp3) is 0.231. The summed E-state index contributed by atoms with van der Waals surface area (Å²) in [6.07, 6.45) is 1.21. The van der Waals surface area contributed by atoms with Crippen molar-refractivity contribution in [3.05, 3.63) is 90.0 Å². The number of hydrogen-bond donors (Lipinski definition) is 0. The number of rotatable bonds is 4. The van der Waals surface area contributed by atoms with Crippen LogP contribution in [0.25, 0.3) is 11.1 Å². The molecule has 1 fully saturated rings. The molecule has 1 amide bonds. The lowest BCUT2D eigenvalue weighted by molar-refractivity contribution is -0.137. The van der Waals surface area contributed by atoms with Gasteiger partial charge in [-0.15, -0.1) is 0 Å². The number of likely N-dealkylation sites (tertiary alicyclic amines) is 1. The summed E-state index contributed by atoms with van der Waals surface area (Å²) in [4.78, 5) is 26.7. The molecule has 0 radical (unpaired) electrons. The topological polar surface area (TPSA) is 55.8 Å². The van der Waals surface area contributed by atoms with Gasteiger partial charge in [0.1, 0.15) is 11.4 Å². The van der Waals surface area contributed by atoms with E-state index in [1.807, 2.05) is 60.7 Å². The van der Waals surface area contributed by atoms with E-state index in [9.17, 15) is 9.59 Å². The molecule has 5 nitrogen and oxygen atoms in total. The Labute approximate surface area is 181 Å². The first-order valence-electron chi connectivity index (χ1n) is 10.5. The van der Waals surface area contributed by atoms with Crippen LogP contribution in [0.4, 0.5) is 0 Å². The highest BCUT2D eigenvalue weighted by Crippen LogP contribution is 2.43.